The van der Waals surface area contributed by atoms with Crippen molar-refractivity contribution < 1.29 is 27.7 Å². The number of carbonyl (C=O) groups excluding carboxylic acids is 2. The Morgan fingerprint density at radius 3 is 1.85 bits per heavy atom. The molecule has 1 atom stereocenters. The van der Waals surface area contributed by atoms with Crippen molar-refractivity contribution in [2.75, 3.05) is 53.4 Å². The van der Waals surface area contributed by atoms with Crippen molar-refractivity contribution in [3.8, 4) is 0 Å². The van der Waals surface area contributed by atoms with Crippen LogP contribution in [0.3, 0.4) is 0 Å². The summed E-state index contributed by atoms with van der Waals surface area (Å²) in [5, 5.41) is 18.6. The maximum Gasteiger partial charge on any atom is 0.407 e. The van der Waals surface area contributed by atoms with Crippen LogP contribution >= 0.6 is 0 Å². The van der Waals surface area contributed by atoms with Crippen LogP contribution in [0, 0.1) is 16.0 Å². The zero-order valence-electron chi connectivity index (χ0n) is 35.5. The quantitative estimate of drug-likeness (QED) is 0.0599. The van der Waals surface area contributed by atoms with Gasteiger partial charge in [-0.15, -0.1) is 0 Å². The maximum atomic E-state index is 13.4. The fraction of sp³-hybridized carbons (Fsp3) is 0.422. The number of hydrogen-bond donors (Lipinski definition) is 3. The van der Waals surface area contributed by atoms with Gasteiger partial charge in [-0.1, -0.05) is 125 Å². The van der Waals surface area contributed by atoms with Crippen LogP contribution in [-0.4, -0.2) is 94.0 Å². The number of benzene rings is 4. The van der Waals surface area contributed by atoms with Crippen molar-refractivity contribution in [1.82, 2.24) is 25.2 Å². The van der Waals surface area contributed by atoms with Crippen LogP contribution in [0.2, 0.25) is 0 Å². The van der Waals surface area contributed by atoms with E-state index in [9.17, 15) is 28.1 Å². The lowest BCUT2D eigenvalue weighted by Crippen LogP contribution is -2.42. The van der Waals surface area contributed by atoms with E-state index in [4.69, 9.17) is 0 Å². The Labute approximate surface area is 351 Å². The second-order valence-electron chi connectivity index (χ2n) is 14.4. The zero-order chi connectivity index (χ0) is 43.5. The third-order valence-electron chi connectivity index (χ3n) is 8.85. The van der Waals surface area contributed by atoms with Crippen molar-refractivity contribution >= 4 is 27.7 Å². The Morgan fingerprint density at radius 1 is 0.847 bits per heavy atom. The van der Waals surface area contributed by atoms with Gasteiger partial charge in [0, 0.05) is 57.4 Å². The van der Waals surface area contributed by atoms with E-state index in [1.807, 2.05) is 18.2 Å². The van der Waals surface area contributed by atoms with Gasteiger partial charge < -0.3 is 20.7 Å². The van der Waals surface area contributed by atoms with E-state index >= 15 is 0 Å². The third kappa shape index (κ3) is 19.9. The molecule has 1 aliphatic heterocycles. The molecule has 1 fully saturated rings. The minimum atomic E-state index is -3.73. The number of non-ortho nitro benzene ring substituents is 1. The highest BCUT2D eigenvalue weighted by Gasteiger charge is 2.36. The average Bonchev–Trinajstić information content (AvgIpc) is 3.69. The number of nitrogens with zero attached hydrogens (tertiary/aromatic N) is 3. The normalized spacial score (nSPS) is 13.5. The molecule has 14 heteroatoms. The summed E-state index contributed by atoms with van der Waals surface area (Å²) in [5.74, 6) is 0.141. The second-order valence-corrected chi connectivity index (χ2v) is 16.3. The largest absolute Gasteiger partial charge is 0.453 e. The monoisotopic (exact) mass is 832 g/mol. The van der Waals surface area contributed by atoms with Gasteiger partial charge in [-0.25, -0.2) is 13.2 Å². The number of rotatable bonds is 16. The highest BCUT2D eigenvalue weighted by atomic mass is 32.2. The number of methoxy groups -OCH3 is 1. The highest BCUT2D eigenvalue weighted by molar-refractivity contribution is 7.89. The van der Waals surface area contributed by atoms with E-state index in [1.165, 1.54) is 54.5 Å². The molecule has 59 heavy (non-hydrogen) atoms. The molecule has 3 N–H and O–H groups in total. The van der Waals surface area contributed by atoms with Crippen LogP contribution in [0.15, 0.2) is 120 Å². The Morgan fingerprint density at radius 2 is 1.37 bits per heavy atom. The van der Waals surface area contributed by atoms with Crippen LogP contribution in [0.4, 0.5) is 10.5 Å². The summed E-state index contributed by atoms with van der Waals surface area (Å²) in [7, 11) is -0.700. The summed E-state index contributed by atoms with van der Waals surface area (Å²) in [6, 6.07) is 36.3. The van der Waals surface area contributed by atoms with Gasteiger partial charge in [0.15, 0.2) is 0 Å². The lowest BCUT2D eigenvalue weighted by Gasteiger charge is -2.29. The molecule has 13 nitrogen and oxygen atoms in total. The summed E-state index contributed by atoms with van der Waals surface area (Å²) in [4.78, 5) is 34.2. The summed E-state index contributed by atoms with van der Waals surface area (Å²) in [5.41, 5.74) is 3.84. The number of amides is 2. The third-order valence-corrected chi connectivity index (χ3v) is 10.8. The number of nitro benzene ring substituents is 1. The molecule has 0 radical (unpaired) electrons. The van der Waals surface area contributed by atoms with Gasteiger partial charge in [-0.3, -0.25) is 19.8 Å². The van der Waals surface area contributed by atoms with E-state index in [0.717, 1.165) is 32.4 Å². The predicted octanol–water partition coefficient (Wildman–Crippen LogP) is 7.28. The molecule has 0 bridgehead atoms. The van der Waals surface area contributed by atoms with Gasteiger partial charge >= 0.3 is 6.09 Å². The number of ether oxygens (including phenoxy) is 1. The molecule has 0 spiro atoms. The predicted molar refractivity (Wildman–Crippen MR) is 236 cm³/mol. The molecular weight excluding hydrogens is 769 g/mol. The topological polar surface area (TPSA) is 163 Å². The molecule has 0 aliphatic carbocycles. The standard InChI is InChI=1S/C22H29N3O4S.C13H12.C7H15N3O3.C3H8/c1-18(2)12-15-24(30(28,29)22-10-8-20(9-11-22)25(26)27)21-13-14-23(17-21)16-19-6-4-3-5-7-19;1-3-7-12(8-4-1)11-13-9-5-2-6-10-13;1-8-3-4-9-6(11)5-10-7(12)13-2;1-3-2/h3-11,18,21H,12-17H2,1-2H3;1-10H,11H2;8H,3-5H2,1-2H3,(H,9,11)(H,10,12);3H2,1-2H3. The molecule has 0 saturated carbocycles. The molecule has 1 heterocycles. The summed E-state index contributed by atoms with van der Waals surface area (Å²) >= 11 is 0. The van der Waals surface area contributed by atoms with Gasteiger partial charge in [-0.2, -0.15) is 4.31 Å². The number of likely N-dealkylation sites (tertiary alicyclic amines) is 1. The number of hydrogen-bond acceptors (Lipinski definition) is 9. The Kier molecular flexibility index (Phi) is 24.0. The minimum absolute atomic E-state index is 0.0591. The van der Waals surface area contributed by atoms with E-state index in [1.54, 1.807) is 11.4 Å². The average molecular weight is 833 g/mol. The minimum Gasteiger partial charge on any atom is -0.453 e. The van der Waals surface area contributed by atoms with E-state index in [0.29, 0.717) is 32.1 Å². The number of carbonyl (C=O) groups is 2. The lowest BCUT2D eigenvalue weighted by molar-refractivity contribution is -0.384. The van der Waals surface area contributed by atoms with E-state index in [2.05, 4.69) is 126 Å². The Balaban J connectivity index is 0.000000341. The molecule has 1 aliphatic rings. The number of alkyl carbamates (subject to hydrolysis) is 1. The van der Waals surface area contributed by atoms with Crippen molar-refractivity contribution in [3.63, 3.8) is 0 Å². The first-order chi connectivity index (χ1) is 28.3. The first-order valence-electron chi connectivity index (χ1n) is 20.2. The molecule has 2 amide bonds. The van der Waals surface area contributed by atoms with Crippen molar-refractivity contribution in [2.24, 2.45) is 5.92 Å². The van der Waals surface area contributed by atoms with Crippen molar-refractivity contribution in [1.29, 1.82) is 0 Å². The Bertz CT molecular complexity index is 1830. The molecule has 1 saturated heterocycles. The summed E-state index contributed by atoms with van der Waals surface area (Å²) in [6.07, 6.45) is 3.21. The van der Waals surface area contributed by atoms with Crippen LogP contribution in [0.5, 0.6) is 0 Å². The van der Waals surface area contributed by atoms with Crippen LogP contribution in [0.1, 0.15) is 63.6 Å². The van der Waals surface area contributed by atoms with Gasteiger partial charge in [-0.05, 0) is 61.1 Å². The van der Waals surface area contributed by atoms with Crippen molar-refractivity contribution in [3.05, 3.63) is 142 Å². The molecule has 322 valence electrons. The first kappa shape index (κ1) is 50.0. The fourth-order valence-corrected chi connectivity index (χ4v) is 7.49. The SMILES string of the molecule is CC(C)CCN(C1CCN(Cc2ccccc2)C1)S(=O)(=O)c1ccc([N+](=O)[O-])cc1.CCC.CNCCNC(=O)CNC(=O)OC.c1ccc(Cc2ccccc2)cc1. The molecular formula is C45H64N6O7S. The summed E-state index contributed by atoms with van der Waals surface area (Å²) in [6.45, 7) is 12.3. The number of likely N-dealkylation sites (N-methyl/N-ethyl adjacent to an activating group) is 1. The molecule has 4 aromatic rings. The number of nitro groups is 1. The lowest BCUT2D eigenvalue weighted by atomic mass is 10.1. The number of nitrogens with one attached hydrogen (secondary N) is 3. The smallest absolute Gasteiger partial charge is 0.407 e. The molecule has 1 unspecified atom stereocenters. The summed E-state index contributed by atoms with van der Waals surface area (Å²) < 4.78 is 32.7. The van der Waals surface area contributed by atoms with Crippen LogP contribution in [-0.2, 0) is 32.5 Å². The van der Waals surface area contributed by atoms with Gasteiger partial charge in [0.2, 0.25) is 15.9 Å². The number of sulfonamides is 1. The van der Waals surface area contributed by atoms with E-state index < -0.39 is 21.0 Å². The van der Waals surface area contributed by atoms with Crippen LogP contribution in [0.25, 0.3) is 0 Å². The maximum absolute atomic E-state index is 13.4. The fourth-order valence-electron chi connectivity index (χ4n) is 5.83. The first-order valence-corrected chi connectivity index (χ1v) is 21.6. The molecule has 0 aromatic heterocycles. The second kappa shape index (κ2) is 28.3. The van der Waals surface area contributed by atoms with Gasteiger partial charge in [0.1, 0.15) is 0 Å². The van der Waals surface area contributed by atoms with Gasteiger partial charge in [0.05, 0.1) is 23.5 Å². The van der Waals surface area contributed by atoms with Gasteiger partial charge in [0.25, 0.3) is 5.69 Å². The Hall–Kier alpha value is -5.15. The molecule has 4 aromatic carbocycles. The highest BCUT2D eigenvalue weighted by Crippen LogP contribution is 2.27. The molecule has 5 rings (SSSR count). The zero-order valence-corrected chi connectivity index (χ0v) is 36.3. The van der Waals surface area contributed by atoms with Crippen molar-refractivity contribution in [2.45, 2.75) is 70.9 Å². The van der Waals surface area contributed by atoms with Crippen LogP contribution < -0.4 is 16.0 Å². The van der Waals surface area contributed by atoms with E-state index in [-0.39, 0.29) is 29.1 Å².